The molecule has 0 unspecified atom stereocenters. The summed E-state index contributed by atoms with van der Waals surface area (Å²) < 4.78 is 26.5. The van der Waals surface area contributed by atoms with Crippen LogP contribution in [0.2, 0.25) is 0 Å². The molecule has 0 aliphatic rings. The third kappa shape index (κ3) is 7.32. The molecular formula is C26H37N3O4S. The Kier molecular flexibility index (Phi) is 8.53. The lowest BCUT2D eigenvalue weighted by molar-refractivity contribution is -0.140. The van der Waals surface area contributed by atoms with Gasteiger partial charge < -0.3 is 10.2 Å². The molecule has 186 valence electrons. The van der Waals surface area contributed by atoms with E-state index < -0.39 is 34.1 Å². The predicted molar refractivity (Wildman–Crippen MR) is 137 cm³/mol. The molecule has 1 N–H and O–H groups in total. The van der Waals surface area contributed by atoms with E-state index in [9.17, 15) is 18.0 Å². The van der Waals surface area contributed by atoms with Gasteiger partial charge in [-0.1, -0.05) is 42.0 Å². The molecule has 0 spiro atoms. The average Bonchev–Trinajstić information content (AvgIpc) is 2.69. The van der Waals surface area contributed by atoms with Gasteiger partial charge in [-0.25, -0.2) is 8.42 Å². The van der Waals surface area contributed by atoms with E-state index in [2.05, 4.69) is 5.32 Å². The number of amides is 2. The van der Waals surface area contributed by atoms with E-state index >= 15 is 0 Å². The van der Waals surface area contributed by atoms with Crippen LogP contribution in [-0.2, 0) is 26.2 Å². The van der Waals surface area contributed by atoms with Gasteiger partial charge in [-0.15, -0.1) is 0 Å². The third-order valence-electron chi connectivity index (χ3n) is 5.57. The van der Waals surface area contributed by atoms with Crippen molar-refractivity contribution in [1.82, 2.24) is 10.2 Å². The number of nitrogens with one attached hydrogen (secondary N) is 1. The number of carbonyl (C=O) groups excluding carboxylic acids is 2. The molecule has 0 radical (unpaired) electrons. The standard InChI is InChI=1S/C26H37N3O4S/c1-18-13-14-23(20(3)15-18)29(34(8,32)33)17-24(30)28(16-22-12-10-9-11-19(22)2)21(4)25(31)27-26(5,6)7/h9-15,21H,16-17H2,1-8H3,(H,27,31)/t21-/m0/s1. The number of anilines is 1. The van der Waals surface area contributed by atoms with Gasteiger partial charge in [0.25, 0.3) is 0 Å². The quantitative estimate of drug-likeness (QED) is 0.615. The van der Waals surface area contributed by atoms with Gasteiger partial charge in [-0.2, -0.15) is 0 Å². The van der Waals surface area contributed by atoms with E-state index in [1.54, 1.807) is 13.0 Å². The molecule has 1 atom stereocenters. The van der Waals surface area contributed by atoms with E-state index in [1.165, 1.54) is 4.90 Å². The molecule has 0 saturated carbocycles. The minimum Gasteiger partial charge on any atom is -0.350 e. The highest BCUT2D eigenvalue weighted by Gasteiger charge is 2.31. The number of sulfonamides is 1. The molecule has 8 heteroatoms. The molecule has 0 aromatic heterocycles. The van der Waals surface area contributed by atoms with Crippen molar-refractivity contribution < 1.29 is 18.0 Å². The van der Waals surface area contributed by atoms with Crippen molar-refractivity contribution in [3.63, 3.8) is 0 Å². The van der Waals surface area contributed by atoms with Crippen LogP contribution < -0.4 is 9.62 Å². The first-order valence-electron chi connectivity index (χ1n) is 11.3. The fourth-order valence-electron chi connectivity index (χ4n) is 3.71. The molecule has 0 aliphatic heterocycles. The lowest BCUT2D eigenvalue weighted by atomic mass is 10.1. The number of aryl methyl sites for hydroxylation is 3. The summed E-state index contributed by atoms with van der Waals surface area (Å²) in [5, 5.41) is 2.92. The maximum absolute atomic E-state index is 13.6. The van der Waals surface area contributed by atoms with E-state index in [4.69, 9.17) is 0 Å². The molecule has 0 saturated heterocycles. The van der Waals surface area contributed by atoms with Crippen LogP contribution in [0.15, 0.2) is 42.5 Å². The number of hydrogen-bond donors (Lipinski definition) is 1. The number of nitrogens with zero attached hydrogens (tertiary/aromatic N) is 2. The van der Waals surface area contributed by atoms with Crippen molar-refractivity contribution in [3.05, 3.63) is 64.7 Å². The second-order valence-electron chi connectivity index (χ2n) is 9.92. The number of benzene rings is 2. The normalized spacial score (nSPS) is 12.7. The van der Waals surface area contributed by atoms with Crippen molar-refractivity contribution in [3.8, 4) is 0 Å². The van der Waals surface area contributed by atoms with Crippen molar-refractivity contribution in [2.24, 2.45) is 0 Å². The van der Waals surface area contributed by atoms with Crippen molar-refractivity contribution in [1.29, 1.82) is 0 Å². The van der Waals surface area contributed by atoms with Gasteiger partial charge in [0.05, 0.1) is 11.9 Å². The van der Waals surface area contributed by atoms with Gasteiger partial charge in [0, 0.05) is 12.1 Å². The van der Waals surface area contributed by atoms with Crippen LogP contribution in [0.5, 0.6) is 0 Å². The van der Waals surface area contributed by atoms with Gasteiger partial charge in [0.1, 0.15) is 12.6 Å². The molecule has 2 rings (SSSR count). The highest BCUT2D eigenvalue weighted by molar-refractivity contribution is 7.92. The van der Waals surface area contributed by atoms with Crippen LogP contribution in [0.3, 0.4) is 0 Å². The van der Waals surface area contributed by atoms with E-state index in [1.807, 2.05) is 77.9 Å². The Morgan fingerprint density at radius 2 is 1.62 bits per heavy atom. The molecule has 0 aliphatic carbocycles. The lowest BCUT2D eigenvalue weighted by Gasteiger charge is -2.33. The van der Waals surface area contributed by atoms with Crippen LogP contribution in [0.1, 0.15) is 49.9 Å². The van der Waals surface area contributed by atoms with Gasteiger partial charge in [-0.05, 0) is 71.2 Å². The smallest absolute Gasteiger partial charge is 0.244 e. The summed E-state index contributed by atoms with van der Waals surface area (Å²) in [6.07, 6.45) is 1.08. The van der Waals surface area contributed by atoms with Crippen LogP contribution in [0.25, 0.3) is 0 Å². The minimum absolute atomic E-state index is 0.189. The molecule has 0 heterocycles. The molecule has 2 aromatic carbocycles. The maximum atomic E-state index is 13.6. The highest BCUT2D eigenvalue weighted by Crippen LogP contribution is 2.24. The first-order valence-corrected chi connectivity index (χ1v) is 13.2. The summed E-state index contributed by atoms with van der Waals surface area (Å²) in [6, 6.07) is 12.2. The van der Waals surface area contributed by atoms with Crippen LogP contribution in [0.4, 0.5) is 5.69 Å². The van der Waals surface area contributed by atoms with Gasteiger partial charge in [-0.3, -0.25) is 13.9 Å². The second-order valence-corrected chi connectivity index (χ2v) is 11.8. The Morgan fingerprint density at radius 3 is 2.15 bits per heavy atom. The van der Waals surface area contributed by atoms with E-state index in [0.717, 1.165) is 32.8 Å². The van der Waals surface area contributed by atoms with Crippen LogP contribution in [0, 0.1) is 20.8 Å². The zero-order chi connectivity index (χ0) is 25.8. The SMILES string of the molecule is Cc1ccc(N(CC(=O)N(Cc2ccccc2C)[C@@H](C)C(=O)NC(C)(C)C)S(C)(=O)=O)c(C)c1. The predicted octanol–water partition coefficient (Wildman–Crippen LogP) is 3.71. The van der Waals surface area contributed by atoms with Gasteiger partial charge >= 0.3 is 0 Å². The van der Waals surface area contributed by atoms with E-state index in [-0.39, 0.29) is 12.5 Å². The molecule has 2 amide bonds. The number of hydrogen-bond acceptors (Lipinski definition) is 4. The molecule has 0 bridgehead atoms. The fourth-order valence-corrected chi connectivity index (χ4v) is 4.61. The van der Waals surface area contributed by atoms with Crippen LogP contribution >= 0.6 is 0 Å². The first kappa shape index (κ1) is 27.4. The molecule has 2 aromatic rings. The topological polar surface area (TPSA) is 86.8 Å². The Bertz CT molecular complexity index is 1150. The van der Waals surface area contributed by atoms with Gasteiger partial charge in [0.2, 0.25) is 21.8 Å². The Balaban J connectivity index is 2.45. The Morgan fingerprint density at radius 1 is 1.00 bits per heavy atom. The zero-order valence-corrected chi connectivity index (χ0v) is 22.3. The second kappa shape index (κ2) is 10.6. The summed E-state index contributed by atoms with van der Waals surface area (Å²) in [5.41, 5.74) is 3.60. The number of carbonyl (C=O) groups is 2. The number of rotatable bonds is 8. The van der Waals surface area contributed by atoms with Crippen molar-refractivity contribution >= 4 is 27.5 Å². The molecule has 7 nitrogen and oxygen atoms in total. The minimum atomic E-state index is -3.75. The summed E-state index contributed by atoms with van der Waals surface area (Å²) in [6.45, 7) is 12.7. The molecule has 34 heavy (non-hydrogen) atoms. The van der Waals surface area contributed by atoms with E-state index in [0.29, 0.717) is 5.69 Å². The highest BCUT2D eigenvalue weighted by atomic mass is 32.2. The van der Waals surface area contributed by atoms with Crippen LogP contribution in [-0.4, -0.2) is 49.5 Å². The Labute approximate surface area is 204 Å². The summed E-state index contributed by atoms with van der Waals surface area (Å²) in [5.74, 6) is -0.753. The largest absolute Gasteiger partial charge is 0.350 e. The zero-order valence-electron chi connectivity index (χ0n) is 21.5. The van der Waals surface area contributed by atoms with Crippen molar-refractivity contribution in [2.45, 2.75) is 66.6 Å². The monoisotopic (exact) mass is 487 g/mol. The maximum Gasteiger partial charge on any atom is 0.244 e. The third-order valence-corrected chi connectivity index (χ3v) is 6.69. The average molecular weight is 488 g/mol. The van der Waals surface area contributed by atoms with Gasteiger partial charge in [0.15, 0.2) is 0 Å². The first-order chi connectivity index (χ1) is 15.6. The summed E-state index contributed by atoms with van der Waals surface area (Å²) in [4.78, 5) is 28.1. The molecular weight excluding hydrogens is 450 g/mol. The lowest BCUT2D eigenvalue weighted by Crippen LogP contribution is -2.54. The van der Waals surface area contributed by atoms with Crippen molar-refractivity contribution in [2.75, 3.05) is 17.1 Å². The fraction of sp³-hybridized carbons (Fsp3) is 0.462. The Hall–Kier alpha value is -2.87. The molecule has 0 fully saturated rings. The summed E-state index contributed by atoms with van der Waals surface area (Å²) >= 11 is 0. The summed E-state index contributed by atoms with van der Waals surface area (Å²) in [7, 11) is -3.75.